The van der Waals surface area contributed by atoms with Crippen molar-refractivity contribution in [2.24, 2.45) is 0 Å². The molecular formula is C14H13N3. The van der Waals surface area contributed by atoms with E-state index in [4.69, 9.17) is 11.0 Å². The van der Waals surface area contributed by atoms with Crippen molar-refractivity contribution in [3.8, 4) is 6.07 Å². The third-order valence-corrected chi connectivity index (χ3v) is 3.45. The van der Waals surface area contributed by atoms with Crippen molar-refractivity contribution in [3.05, 3.63) is 53.2 Å². The van der Waals surface area contributed by atoms with E-state index in [2.05, 4.69) is 30.3 Å². The van der Waals surface area contributed by atoms with E-state index < -0.39 is 0 Å². The molecule has 0 bridgehead atoms. The fourth-order valence-corrected chi connectivity index (χ4v) is 2.65. The van der Waals surface area contributed by atoms with Crippen LogP contribution in [0.25, 0.3) is 0 Å². The fourth-order valence-electron chi connectivity index (χ4n) is 2.65. The van der Waals surface area contributed by atoms with Crippen LogP contribution in [0.4, 0.5) is 5.82 Å². The molecule has 0 saturated heterocycles. The molecule has 0 amide bonds. The first kappa shape index (κ1) is 9.98. The van der Waals surface area contributed by atoms with Crippen LogP contribution in [0.1, 0.15) is 29.2 Å². The molecule has 2 aromatic rings. The Hall–Kier alpha value is -2.21. The van der Waals surface area contributed by atoms with E-state index in [1.54, 1.807) is 6.07 Å². The van der Waals surface area contributed by atoms with Crippen molar-refractivity contribution in [3.63, 3.8) is 0 Å². The minimum absolute atomic E-state index is 0.285. The molecule has 3 nitrogen and oxygen atoms in total. The van der Waals surface area contributed by atoms with Crippen LogP contribution in [0, 0.1) is 11.3 Å². The topological polar surface area (TPSA) is 54.7 Å². The Bertz CT molecular complexity index is 604. The van der Waals surface area contributed by atoms with Crippen LogP contribution in [0.3, 0.4) is 0 Å². The van der Waals surface area contributed by atoms with Gasteiger partial charge in [-0.15, -0.1) is 0 Å². The molecule has 0 radical (unpaired) electrons. The van der Waals surface area contributed by atoms with E-state index in [0.29, 0.717) is 11.4 Å². The maximum absolute atomic E-state index is 8.89. The Kier molecular flexibility index (Phi) is 2.15. The first-order valence-electron chi connectivity index (χ1n) is 5.75. The number of fused-ring (bicyclic) bond motifs is 1. The van der Waals surface area contributed by atoms with Crippen molar-refractivity contribution >= 4 is 5.82 Å². The first-order valence-corrected chi connectivity index (χ1v) is 5.75. The fraction of sp³-hybridized carbons (Fsp3) is 0.214. The van der Waals surface area contributed by atoms with E-state index >= 15 is 0 Å². The monoisotopic (exact) mass is 223 g/mol. The van der Waals surface area contributed by atoms with Crippen LogP contribution in [-0.4, -0.2) is 4.57 Å². The molecule has 84 valence electrons. The molecule has 1 aliphatic carbocycles. The smallest absolute Gasteiger partial charge is 0.105 e. The number of rotatable bonds is 1. The third-order valence-electron chi connectivity index (χ3n) is 3.45. The zero-order valence-corrected chi connectivity index (χ0v) is 9.43. The molecular weight excluding hydrogens is 210 g/mol. The number of aromatic nitrogens is 1. The predicted octanol–water partition coefficient (Wildman–Crippen LogP) is 2.48. The second-order valence-corrected chi connectivity index (χ2v) is 4.43. The number of benzene rings is 1. The number of nitriles is 1. The van der Waals surface area contributed by atoms with Crippen LogP contribution in [0.15, 0.2) is 36.5 Å². The molecule has 0 aliphatic heterocycles. The van der Waals surface area contributed by atoms with Crippen LogP contribution in [-0.2, 0) is 6.42 Å². The van der Waals surface area contributed by atoms with Gasteiger partial charge < -0.3 is 10.3 Å². The highest BCUT2D eigenvalue weighted by Gasteiger charge is 2.24. The zero-order chi connectivity index (χ0) is 11.8. The molecule has 1 aliphatic rings. The Morgan fingerprint density at radius 1 is 1.35 bits per heavy atom. The highest BCUT2D eigenvalue weighted by atomic mass is 15.1. The van der Waals surface area contributed by atoms with E-state index in [0.717, 1.165) is 12.8 Å². The number of nitrogens with two attached hydrogens (primary N) is 1. The van der Waals surface area contributed by atoms with Gasteiger partial charge in [0, 0.05) is 6.20 Å². The highest BCUT2D eigenvalue weighted by Crippen LogP contribution is 2.35. The summed E-state index contributed by atoms with van der Waals surface area (Å²) in [5.74, 6) is 0.670. The molecule has 1 heterocycles. The quantitative estimate of drug-likeness (QED) is 0.807. The van der Waals surface area contributed by atoms with Gasteiger partial charge in [-0.25, -0.2) is 0 Å². The van der Waals surface area contributed by atoms with Gasteiger partial charge in [0.05, 0.1) is 11.6 Å². The van der Waals surface area contributed by atoms with Crippen LogP contribution < -0.4 is 5.73 Å². The number of hydrogen-bond acceptors (Lipinski definition) is 2. The maximum atomic E-state index is 8.89. The third kappa shape index (κ3) is 1.50. The molecule has 0 spiro atoms. The summed E-state index contributed by atoms with van der Waals surface area (Å²) in [6.45, 7) is 0. The summed E-state index contributed by atoms with van der Waals surface area (Å²) in [5.41, 5.74) is 9.32. The van der Waals surface area contributed by atoms with E-state index in [1.807, 2.05) is 10.8 Å². The van der Waals surface area contributed by atoms with Crippen LogP contribution in [0.2, 0.25) is 0 Å². The van der Waals surface area contributed by atoms with Crippen molar-refractivity contribution in [2.75, 3.05) is 5.73 Å². The van der Waals surface area contributed by atoms with Crippen molar-refractivity contribution in [1.29, 1.82) is 5.26 Å². The number of hydrogen-bond donors (Lipinski definition) is 1. The van der Waals surface area contributed by atoms with E-state index in [-0.39, 0.29) is 6.04 Å². The maximum Gasteiger partial charge on any atom is 0.105 e. The summed E-state index contributed by atoms with van der Waals surface area (Å²) in [7, 11) is 0. The van der Waals surface area contributed by atoms with Gasteiger partial charge in [0.25, 0.3) is 0 Å². The van der Waals surface area contributed by atoms with Crippen molar-refractivity contribution in [2.45, 2.75) is 18.9 Å². The SMILES string of the molecule is N#Cc1cc(N)n(C2CCc3ccccc32)c1. The van der Waals surface area contributed by atoms with Gasteiger partial charge in [0.15, 0.2) is 0 Å². The summed E-state index contributed by atoms with van der Waals surface area (Å²) in [6, 6.07) is 12.6. The Labute approximate surface area is 100 Å². The van der Waals surface area contributed by atoms with Gasteiger partial charge in [0.1, 0.15) is 11.9 Å². The van der Waals surface area contributed by atoms with Gasteiger partial charge in [-0.3, -0.25) is 0 Å². The summed E-state index contributed by atoms with van der Waals surface area (Å²) in [6.07, 6.45) is 3.99. The Balaban J connectivity index is 2.07. The summed E-state index contributed by atoms with van der Waals surface area (Å²) in [4.78, 5) is 0. The lowest BCUT2D eigenvalue weighted by Crippen LogP contribution is -2.08. The predicted molar refractivity (Wildman–Crippen MR) is 66.5 cm³/mol. The van der Waals surface area contributed by atoms with Gasteiger partial charge >= 0.3 is 0 Å². The number of anilines is 1. The van der Waals surface area contributed by atoms with Gasteiger partial charge in [-0.05, 0) is 30.0 Å². The van der Waals surface area contributed by atoms with Gasteiger partial charge in [-0.2, -0.15) is 5.26 Å². The molecule has 3 rings (SSSR count). The zero-order valence-electron chi connectivity index (χ0n) is 9.43. The van der Waals surface area contributed by atoms with Gasteiger partial charge in [-0.1, -0.05) is 24.3 Å². The summed E-state index contributed by atoms with van der Waals surface area (Å²) < 4.78 is 2.02. The summed E-state index contributed by atoms with van der Waals surface area (Å²) in [5, 5.41) is 8.89. The molecule has 1 atom stereocenters. The molecule has 1 aromatic heterocycles. The Morgan fingerprint density at radius 2 is 2.18 bits per heavy atom. The minimum atomic E-state index is 0.285. The normalized spacial score (nSPS) is 17.7. The Morgan fingerprint density at radius 3 is 2.94 bits per heavy atom. The molecule has 0 fully saturated rings. The van der Waals surface area contributed by atoms with Crippen molar-refractivity contribution < 1.29 is 0 Å². The average Bonchev–Trinajstić information content (AvgIpc) is 2.92. The second-order valence-electron chi connectivity index (χ2n) is 4.43. The molecule has 2 N–H and O–H groups in total. The van der Waals surface area contributed by atoms with Gasteiger partial charge in [0.2, 0.25) is 0 Å². The molecule has 1 aromatic carbocycles. The van der Waals surface area contributed by atoms with Crippen molar-refractivity contribution in [1.82, 2.24) is 4.57 Å². The number of nitrogens with zero attached hydrogens (tertiary/aromatic N) is 2. The van der Waals surface area contributed by atoms with E-state index in [9.17, 15) is 0 Å². The lowest BCUT2D eigenvalue weighted by atomic mass is 10.1. The summed E-state index contributed by atoms with van der Waals surface area (Å²) >= 11 is 0. The molecule has 3 heteroatoms. The first-order chi connectivity index (χ1) is 8.29. The highest BCUT2D eigenvalue weighted by molar-refractivity contribution is 5.45. The molecule has 0 saturated carbocycles. The second kappa shape index (κ2) is 3.67. The average molecular weight is 223 g/mol. The number of aryl methyl sites for hydroxylation is 1. The standard InChI is InChI=1S/C14H13N3/c15-8-10-7-14(16)17(9-10)13-6-5-11-3-1-2-4-12(11)13/h1-4,7,9,13H,5-6,16H2. The lowest BCUT2D eigenvalue weighted by molar-refractivity contribution is 0.590. The number of nitrogen functional groups attached to an aromatic ring is 1. The molecule has 17 heavy (non-hydrogen) atoms. The van der Waals surface area contributed by atoms with E-state index in [1.165, 1.54) is 11.1 Å². The minimum Gasteiger partial charge on any atom is -0.385 e. The van der Waals surface area contributed by atoms with Crippen LogP contribution >= 0.6 is 0 Å². The van der Waals surface area contributed by atoms with Crippen LogP contribution in [0.5, 0.6) is 0 Å². The lowest BCUT2D eigenvalue weighted by Gasteiger charge is -2.15. The largest absolute Gasteiger partial charge is 0.385 e. The molecule has 1 unspecified atom stereocenters.